The third kappa shape index (κ3) is 1.84. The molecule has 3 saturated carbocycles. The Morgan fingerprint density at radius 3 is 2.36 bits per heavy atom. The van der Waals surface area contributed by atoms with Gasteiger partial charge in [-0.05, 0) is 50.0 Å². The molecule has 1 heteroatoms. The summed E-state index contributed by atoms with van der Waals surface area (Å²) in [7, 11) is 0. The van der Waals surface area contributed by atoms with Crippen molar-refractivity contribution in [2.24, 2.45) is 11.3 Å². The van der Waals surface area contributed by atoms with Crippen LogP contribution < -0.4 is 5.32 Å². The van der Waals surface area contributed by atoms with Gasteiger partial charge in [0.15, 0.2) is 0 Å². The van der Waals surface area contributed by atoms with Gasteiger partial charge in [0.1, 0.15) is 0 Å². The minimum Gasteiger partial charge on any atom is -0.314 e. The van der Waals surface area contributed by atoms with E-state index in [-0.39, 0.29) is 0 Å². The summed E-state index contributed by atoms with van der Waals surface area (Å²) in [6.07, 6.45) is 13.6. The topological polar surface area (TPSA) is 12.0 Å². The Labute approximate surface area is 87.7 Å². The SMILES string of the molecule is C1CCCC2(CC1)CC2CNC1CC1. The summed E-state index contributed by atoms with van der Waals surface area (Å²) in [6, 6.07) is 0.915. The third-order valence-corrected chi connectivity index (χ3v) is 4.69. The Hall–Kier alpha value is -0.0400. The lowest BCUT2D eigenvalue weighted by Gasteiger charge is -2.14. The molecular formula is C13H23N. The molecule has 0 radical (unpaired) electrons. The molecule has 1 N–H and O–H groups in total. The maximum absolute atomic E-state index is 3.71. The van der Waals surface area contributed by atoms with Gasteiger partial charge in [0.25, 0.3) is 0 Å². The molecule has 14 heavy (non-hydrogen) atoms. The number of rotatable bonds is 3. The van der Waals surface area contributed by atoms with Crippen LogP contribution in [0.5, 0.6) is 0 Å². The van der Waals surface area contributed by atoms with Gasteiger partial charge in [-0.3, -0.25) is 0 Å². The molecule has 1 atom stereocenters. The van der Waals surface area contributed by atoms with Crippen LogP contribution in [0.25, 0.3) is 0 Å². The van der Waals surface area contributed by atoms with Gasteiger partial charge in [0, 0.05) is 6.04 Å². The van der Waals surface area contributed by atoms with E-state index in [0.717, 1.165) is 17.4 Å². The average Bonchev–Trinajstić information content (AvgIpc) is 3.05. The lowest BCUT2D eigenvalue weighted by atomic mass is 9.94. The molecule has 3 rings (SSSR count). The monoisotopic (exact) mass is 193 g/mol. The van der Waals surface area contributed by atoms with Crippen LogP contribution in [0.4, 0.5) is 0 Å². The molecule has 0 aliphatic heterocycles. The van der Waals surface area contributed by atoms with Crippen molar-refractivity contribution < 1.29 is 0 Å². The Kier molecular flexibility index (Phi) is 2.31. The molecule has 1 unspecified atom stereocenters. The first-order valence-corrected chi connectivity index (χ1v) is 6.62. The van der Waals surface area contributed by atoms with Crippen LogP contribution in [0.1, 0.15) is 57.8 Å². The minimum atomic E-state index is 0.832. The molecule has 0 aromatic carbocycles. The van der Waals surface area contributed by atoms with Crippen molar-refractivity contribution in [1.82, 2.24) is 5.32 Å². The second-order valence-corrected chi connectivity index (χ2v) is 5.86. The summed E-state index contributed by atoms with van der Waals surface area (Å²) >= 11 is 0. The second-order valence-electron chi connectivity index (χ2n) is 5.86. The first kappa shape index (κ1) is 9.21. The standard InChI is InChI=1S/C13H23N/c1-2-4-8-13(7-3-1)9-11(13)10-14-12-5-6-12/h11-12,14H,1-10H2. The molecular weight excluding hydrogens is 170 g/mol. The fourth-order valence-electron chi connectivity index (χ4n) is 3.36. The van der Waals surface area contributed by atoms with Crippen molar-refractivity contribution in [3.8, 4) is 0 Å². The van der Waals surface area contributed by atoms with Gasteiger partial charge in [-0.1, -0.05) is 25.7 Å². The molecule has 0 bridgehead atoms. The van der Waals surface area contributed by atoms with E-state index in [1.54, 1.807) is 19.3 Å². The fourth-order valence-corrected chi connectivity index (χ4v) is 3.36. The van der Waals surface area contributed by atoms with E-state index >= 15 is 0 Å². The fraction of sp³-hybridized carbons (Fsp3) is 1.00. The minimum absolute atomic E-state index is 0.832. The summed E-state index contributed by atoms with van der Waals surface area (Å²) < 4.78 is 0. The Bertz CT molecular complexity index is 199. The molecule has 3 aliphatic carbocycles. The maximum atomic E-state index is 3.71. The maximum Gasteiger partial charge on any atom is 0.00683 e. The van der Waals surface area contributed by atoms with Crippen molar-refractivity contribution in [2.75, 3.05) is 6.54 Å². The van der Waals surface area contributed by atoms with Crippen LogP contribution >= 0.6 is 0 Å². The van der Waals surface area contributed by atoms with Crippen molar-refractivity contribution in [3.63, 3.8) is 0 Å². The number of hydrogen-bond acceptors (Lipinski definition) is 1. The van der Waals surface area contributed by atoms with Crippen molar-refractivity contribution in [2.45, 2.75) is 63.8 Å². The first-order chi connectivity index (χ1) is 6.89. The van der Waals surface area contributed by atoms with Gasteiger partial charge in [-0.15, -0.1) is 0 Å². The highest BCUT2D eigenvalue weighted by molar-refractivity contribution is 5.04. The molecule has 80 valence electrons. The molecule has 0 aromatic rings. The van der Waals surface area contributed by atoms with E-state index in [2.05, 4.69) is 5.32 Å². The van der Waals surface area contributed by atoms with Crippen LogP contribution in [-0.4, -0.2) is 12.6 Å². The Balaban J connectivity index is 1.47. The third-order valence-electron chi connectivity index (χ3n) is 4.69. The zero-order valence-corrected chi connectivity index (χ0v) is 9.23. The summed E-state index contributed by atoms with van der Waals surface area (Å²) in [5, 5.41) is 3.71. The molecule has 3 fully saturated rings. The van der Waals surface area contributed by atoms with Gasteiger partial charge < -0.3 is 5.32 Å². The van der Waals surface area contributed by atoms with E-state index in [1.807, 2.05) is 0 Å². The van der Waals surface area contributed by atoms with Crippen LogP contribution in [0.3, 0.4) is 0 Å². The van der Waals surface area contributed by atoms with Crippen molar-refractivity contribution in [1.29, 1.82) is 0 Å². The van der Waals surface area contributed by atoms with Crippen LogP contribution in [0, 0.1) is 11.3 Å². The van der Waals surface area contributed by atoms with E-state index in [4.69, 9.17) is 0 Å². The first-order valence-electron chi connectivity index (χ1n) is 6.62. The number of nitrogens with one attached hydrogen (secondary N) is 1. The van der Waals surface area contributed by atoms with E-state index < -0.39 is 0 Å². The van der Waals surface area contributed by atoms with Crippen LogP contribution in [-0.2, 0) is 0 Å². The molecule has 1 nitrogen and oxygen atoms in total. The highest BCUT2D eigenvalue weighted by Crippen LogP contribution is 2.60. The summed E-state index contributed by atoms with van der Waals surface area (Å²) in [5.74, 6) is 1.06. The zero-order chi connectivity index (χ0) is 9.43. The lowest BCUT2D eigenvalue weighted by molar-refractivity contribution is 0.384. The Morgan fingerprint density at radius 1 is 1.00 bits per heavy atom. The highest BCUT2D eigenvalue weighted by Gasteiger charge is 2.52. The van der Waals surface area contributed by atoms with Gasteiger partial charge in [-0.25, -0.2) is 0 Å². The second kappa shape index (κ2) is 3.52. The summed E-state index contributed by atoms with van der Waals surface area (Å²) in [4.78, 5) is 0. The molecule has 0 saturated heterocycles. The Morgan fingerprint density at radius 2 is 1.71 bits per heavy atom. The lowest BCUT2D eigenvalue weighted by Crippen LogP contribution is -2.21. The van der Waals surface area contributed by atoms with Gasteiger partial charge >= 0.3 is 0 Å². The molecule has 0 heterocycles. The quantitative estimate of drug-likeness (QED) is 0.726. The summed E-state index contributed by atoms with van der Waals surface area (Å²) in [5.41, 5.74) is 0.832. The molecule has 0 amide bonds. The van der Waals surface area contributed by atoms with E-state index in [1.165, 1.54) is 45.1 Å². The predicted octanol–water partition coefficient (Wildman–Crippen LogP) is 3.10. The zero-order valence-electron chi connectivity index (χ0n) is 9.23. The molecule has 0 aromatic heterocycles. The molecule has 3 aliphatic rings. The van der Waals surface area contributed by atoms with Gasteiger partial charge in [0.2, 0.25) is 0 Å². The van der Waals surface area contributed by atoms with Crippen LogP contribution in [0.15, 0.2) is 0 Å². The highest BCUT2D eigenvalue weighted by atomic mass is 15.0. The van der Waals surface area contributed by atoms with E-state index in [9.17, 15) is 0 Å². The van der Waals surface area contributed by atoms with Crippen molar-refractivity contribution >= 4 is 0 Å². The molecule has 1 spiro atoms. The average molecular weight is 193 g/mol. The predicted molar refractivity (Wildman–Crippen MR) is 59.3 cm³/mol. The van der Waals surface area contributed by atoms with Crippen LogP contribution in [0.2, 0.25) is 0 Å². The smallest absolute Gasteiger partial charge is 0.00683 e. The van der Waals surface area contributed by atoms with Gasteiger partial charge in [0.05, 0.1) is 0 Å². The van der Waals surface area contributed by atoms with E-state index in [0.29, 0.717) is 0 Å². The normalized spacial score (nSPS) is 35.6. The largest absolute Gasteiger partial charge is 0.314 e. The van der Waals surface area contributed by atoms with Gasteiger partial charge in [-0.2, -0.15) is 0 Å². The number of hydrogen-bond donors (Lipinski definition) is 1. The summed E-state index contributed by atoms with van der Waals surface area (Å²) in [6.45, 7) is 1.34. The van der Waals surface area contributed by atoms with Crippen molar-refractivity contribution in [3.05, 3.63) is 0 Å².